The molecule has 3 rings (SSSR count). The Morgan fingerprint density at radius 2 is 1.95 bits per heavy atom. The molecular weight excluding hydrogens is 288 g/mol. The normalized spacial score (nSPS) is 23.2. The standard InChI is InChI=1S/C15H14N2O5/c1-3-21-15(20)11-10-12(22-16-11)14(19)17(13(10)18)9-6-4-8(2)5-7-9/h4-7,10,12H,3H2,1-2H3. The van der Waals surface area contributed by atoms with Gasteiger partial charge in [0.2, 0.25) is 12.0 Å². The highest BCUT2D eigenvalue weighted by Crippen LogP contribution is 2.33. The van der Waals surface area contributed by atoms with Gasteiger partial charge < -0.3 is 9.57 Å². The Morgan fingerprint density at radius 3 is 2.59 bits per heavy atom. The number of carbonyl (C=O) groups excluding carboxylic acids is 3. The van der Waals surface area contributed by atoms with Crippen LogP contribution in [0, 0.1) is 12.8 Å². The number of ether oxygens (including phenoxy) is 1. The third-order valence-electron chi connectivity index (χ3n) is 3.59. The van der Waals surface area contributed by atoms with Crippen molar-refractivity contribution >= 4 is 29.2 Å². The smallest absolute Gasteiger partial charge is 0.357 e. The van der Waals surface area contributed by atoms with Crippen molar-refractivity contribution in [2.45, 2.75) is 20.0 Å². The van der Waals surface area contributed by atoms with Gasteiger partial charge in [0.15, 0.2) is 5.71 Å². The van der Waals surface area contributed by atoms with E-state index in [2.05, 4.69) is 5.16 Å². The molecule has 0 spiro atoms. The molecule has 0 saturated carbocycles. The summed E-state index contributed by atoms with van der Waals surface area (Å²) in [6.45, 7) is 3.70. The highest BCUT2D eigenvalue weighted by atomic mass is 16.7. The molecule has 1 aromatic carbocycles. The average Bonchev–Trinajstić information content (AvgIpc) is 3.03. The number of carbonyl (C=O) groups is 3. The van der Waals surface area contributed by atoms with E-state index in [-0.39, 0.29) is 12.3 Å². The van der Waals surface area contributed by atoms with Crippen LogP contribution in [0.3, 0.4) is 0 Å². The minimum atomic E-state index is -1.09. The summed E-state index contributed by atoms with van der Waals surface area (Å²) in [5.41, 5.74) is 1.30. The van der Waals surface area contributed by atoms with Crippen LogP contribution in [0.25, 0.3) is 0 Å². The van der Waals surface area contributed by atoms with E-state index in [0.717, 1.165) is 10.5 Å². The van der Waals surface area contributed by atoms with E-state index in [4.69, 9.17) is 9.57 Å². The van der Waals surface area contributed by atoms with Crippen LogP contribution >= 0.6 is 0 Å². The van der Waals surface area contributed by atoms with E-state index < -0.39 is 29.8 Å². The number of oxime groups is 1. The van der Waals surface area contributed by atoms with Crippen LogP contribution in [-0.2, 0) is 24.0 Å². The summed E-state index contributed by atoms with van der Waals surface area (Å²) in [4.78, 5) is 42.7. The fourth-order valence-electron chi connectivity index (χ4n) is 2.50. The Bertz CT molecular complexity index is 680. The zero-order valence-electron chi connectivity index (χ0n) is 12.1. The summed E-state index contributed by atoms with van der Waals surface area (Å²) in [7, 11) is 0. The maximum absolute atomic E-state index is 12.5. The van der Waals surface area contributed by atoms with Crippen LogP contribution in [0.2, 0.25) is 0 Å². The first-order chi connectivity index (χ1) is 10.5. The van der Waals surface area contributed by atoms with Crippen LogP contribution in [-0.4, -0.2) is 36.2 Å². The number of aryl methyl sites for hydroxylation is 1. The maximum atomic E-state index is 12.5. The van der Waals surface area contributed by atoms with Crippen molar-refractivity contribution in [2.24, 2.45) is 11.1 Å². The first-order valence-electron chi connectivity index (χ1n) is 6.90. The number of amides is 2. The van der Waals surface area contributed by atoms with Gasteiger partial charge >= 0.3 is 5.97 Å². The predicted molar refractivity (Wildman–Crippen MR) is 76.1 cm³/mol. The Hall–Kier alpha value is -2.70. The molecule has 7 heteroatoms. The fraction of sp³-hybridized carbons (Fsp3) is 0.333. The van der Waals surface area contributed by atoms with Gasteiger partial charge in [-0.25, -0.2) is 9.69 Å². The number of rotatable bonds is 3. The molecule has 0 bridgehead atoms. The van der Waals surface area contributed by atoms with Crippen LogP contribution in [0.15, 0.2) is 29.4 Å². The number of nitrogens with zero attached hydrogens (tertiary/aromatic N) is 2. The van der Waals surface area contributed by atoms with Crippen molar-refractivity contribution in [3.63, 3.8) is 0 Å². The van der Waals surface area contributed by atoms with Crippen LogP contribution < -0.4 is 4.90 Å². The van der Waals surface area contributed by atoms with Crippen molar-refractivity contribution in [1.29, 1.82) is 0 Å². The van der Waals surface area contributed by atoms with Crippen molar-refractivity contribution in [2.75, 3.05) is 11.5 Å². The molecular formula is C15H14N2O5. The number of imide groups is 1. The Labute approximate surface area is 126 Å². The summed E-state index contributed by atoms with van der Waals surface area (Å²) in [5, 5.41) is 3.56. The zero-order valence-corrected chi connectivity index (χ0v) is 12.1. The fourth-order valence-corrected chi connectivity index (χ4v) is 2.50. The lowest BCUT2D eigenvalue weighted by atomic mass is 10.00. The molecule has 7 nitrogen and oxygen atoms in total. The minimum Gasteiger partial charge on any atom is -0.461 e. The van der Waals surface area contributed by atoms with Crippen molar-refractivity contribution in [3.05, 3.63) is 29.8 Å². The minimum absolute atomic E-state index is 0.152. The zero-order chi connectivity index (χ0) is 15.9. The Kier molecular flexibility index (Phi) is 3.40. The second-order valence-corrected chi connectivity index (χ2v) is 5.05. The molecule has 2 heterocycles. The first-order valence-corrected chi connectivity index (χ1v) is 6.90. The lowest BCUT2D eigenvalue weighted by Crippen LogP contribution is -2.35. The molecule has 0 N–H and O–H groups in total. The number of benzene rings is 1. The Morgan fingerprint density at radius 1 is 1.27 bits per heavy atom. The second kappa shape index (κ2) is 5.25. The van der Waals surface area contributed by atoms with E-state index in [1.807, 2.05) is 6.92 Å². The van der Waals surface area contributed by atoms with Crippen molar-refractivity contribution in [3.8, 4) is 0 Å². The van der Waals surface area contributed by atoms with Gasteiger partial charge in [0.25, 0.3) is 5.91 Å². The van der Waals surface area contributed by atoms with E-state index in [0.29, 0.717) is 5.69 Å². The maximum Gasteiger partial charge on any atom is 0.357 e. The molecule has 1 aromatic rings. The summed E-state index contributed by atoms with van der Waals surface area (Å²) in [6.07, 6.45) is -1.09. The number of hydrogen-bond donors (Lipinski definition) is 0. The van der Waals surface area contributed by atoms with Gasteiger partial charge in [-0.2, -0.15) is 0 Å². The lowest BCUT2D eigenvalue weighted by Gasteiger charge is -2.15. The SMILES string of the molecule is CCOC(=O)C1=NOC2C(=O)N(c3ccc(C)cc3)C(=O)C12. The summed E-state index contributed by atoms with van der Waals surface area (Å²) < 4.78 is 4.84. The average molecular weight is 302 g/mol. The van der Waals surface area contributed by atoms with Gasteiger partial charge in [-0.3, -0.25) is 9.59 Å². The number of esters is 1. The molecule has 0 aromatic heterocycles. The molecule has 114 valence electrons. The molecule has 1 fully saturated rings. The second-order valence-electron chi connectivity index (χ2n) is 5.05. The highest BCUT2D eigenvalue weighted by Gasteiger charge is 2.58. The van der Waals surface area contributed by atoms with Gasteiger partial charge in [0, 0.05) is 0 Å². The molecule has 0 radical (unpaired) electrons. The third-order valence-corrected chi connectivity index (χ3v) is 3.59. The summed E-state index contributed by atoms with van der Waals surface area (Å²) >= 11 is 0. The monoisotopic (exact) mass is 302 g/mol. The third kappa shape index (κ3) is 2.05. The van der Waals surface area contributed by atoms with Gasteiger partial charge in [0.05, 0.1) is 12.3 Å². The molecule has 0 aliphatic carbocycles. The van der Waals surface area contributed by atoms with Crippen molar-refractivity contribution in [1.82, 2.24) is 0 Å². The van der Waals surface area contributed by atoms with E-state index in [1.54, 1.807) is 31.2 Å². The van der Waals surface area contributed by atoms with Crippen LogP contribution in [0.1, 0.15) is 12.5 Å². The molecule has 2 aliphatic rings. The van der Waals surface area contributed by atoms with Crippen LogP contribution in [0.5, 0.6) is 0 Å². The van der Waals surface area contributed by atoms with Gasteiger partial charge in [-0.1, -0.05) is 22.9 Å². The molecule has 2 amide bonds. The van der Waals surface area contributed by atoms with Gasteiger partial charge in [0.1, 0.15) is 5.92 Å². The lowest BCUT2D eigenvalue weighted by molar-refractivity contribution is -0.136. The number of hydrogen-bond acceptors (Lipinski definition) is 6. The largest absolute Gasteiger partial charge is 0.461 e. The Balaban J connectivity index is 1.91. The molecule has 2 unspecified atom stereocenters. The number of anilines is 1. The molecule has 2 atom stereocenters. The molecule has 22 heavy (non-hydrogen) atoms. The van der Waals surface area contributed by atoms with E-state index in [9.17, 15) is 14.4 Å². The van der Waals surface area contributed by atoms with Crippen LogP contribution in [0.4, 0.5) is 5.69 Å². The molecule has 2 aliphatic heterocycles. The predicted octanol–water partition coefficient (Wildman–Crippen LogP) is 0.802. The van der Waals surface area contributed by atoms with E-state index >= 15 is 0 Å². The quantitative estimate of drug-likeness (QED) is 0.609. The molecule has 1 saturated heterocycles. The highest BCUT2D eigenvalue weighted by molar-refractivity contribution is 6.46. The van der Waals surface area contributed by atoms with Crippen molar-refractivity contribution < 1.29 is 24.0 Å². The van der Waals surface area contributed by atoms with Gasteiger partial charge in [-0.05, 0) is 26.0 Å². The summed E-state index contributed by atoms with van der Waals surface area (Å²) in [6, 6.07) is 6.94. The van der Waals surface area contributed by atoms with Gasteiger partial charge in [-0.15, -0.1) is 0 Å². The first kappa shape index (κ1) is 14.2. The summed E-state index contributed by atoms with van der Waals surface area (Å²) in [5.74, 6) is -2.82. The van der Waals surface area contributed by atoms with E-state index in [1.165, 1.54) is 0 Å². The topological polar surface area (TPSA) is 85.3 Å². The number of fused-ring (bicyclic) bond motifs is 1.